The maximum absolute atomic E-state index is 10.0. The van der Waals surface area contributed by atoms with Crippen LogP contribution in [0.15, 0.2) is 0 Å². The van der Waals surface area contributed by atoms with E-state index in [2.05, 4.69) is 6.92 Å². The van der Waals surface area contributed by atoms with Crippen LogP contribution in [0.2, 0.25) is 0 Å². The molecule has 7 nitrogen and oxygen atoms in total. The van der Waals surface area contributed by atoms with Crippen molar-refractivity contribution in [2.24, 2.45) is 11.5 Å². The molecule has 0 fully saturated rings. The average molecular weight is 245 g/mol. The molecule has 0 amide bonds. The average Bonchev–Trinajstić information content (AvgIpc) is 2.15. The summed E-state index contributed by atoms with van der Waals surface area (Å²) in [6, 6.07) is 0. The van der Waals surface area contributed by atoms with Crippen LogP contribution in [0.4, 0.5) is 0 Å². The summed E-state index contributed by atoms with van der Waals surface area (Å²) in [5, 5.41) is 23.2. The molecule has 17 heavy (non-hydrogen) atoms. The second-order valence-electron chi connectivity index (χ2n) is 3.51. The highest BCUT2D eigenvalue weighted by atomic mass is 16.4. The number of rotatable bonds is 6. The molecule has 0 saturated heterocycles. The number of nitrogens with two attached hydrogens (primary N) is 2. The van der Waals surface area contributed by atoms with Crippen LogP contribution >= 0.6 is 0 Å². The molecule has 0 saturated carbocycles. The van der Waals surface area contributed by atoms with Crippen molar-refractivity contribution >= 4 is 17.9 Å². The van der Waals surface area contributed by atoms with Gasteiger partial charge < -0.3 is 16.6 Å². The van der Waals surface area contributed by atoms with Crippen molar-refractivity contribution in [1.29, 1.82) is 10.8 Å². The van der Waals surface area contributed by atoms with Crippen LogP contribution in [0.3, 0.4) is 0 Å². The van der Waals surface area contributed by atoms with Crippen molar-refractivity contribution in [2.45, 2.75) is 45.4 Å². The van der Waals surface area contributed by atoms with Crippen LogP contribution in [0.1, 0.15) is 45.4 Å². The van der Waals surface area contributed by atoms with Gasteiger partial charge >= 0.3 is 5.97 Å². The first-order valence-electron chi connectivity index (χ1n) is 5.57. The number of nitrogens with one attached hydrogen (secondary N) is 3. The second-order valence-corrected chi connectivity index (χ2v) is 3.51. The monoisotopic (exact) mass is 245 g/mol. The highest BCUT2D eigenvalue weighted by Gasteiger charge is 1.94. The molecule has 0 unspecified atom stereocenters. The van der Waals surface area contributed by atoms with Gasteiger partial charge in [-0.05, 0) is 6.42 Å². The van der Waals surface area contributed by atoms with E-state index in [1.54, 1.807) is 0 Å². The van der Waals surface area contributed by atoms with Crippen molar-refractivity contribution in [3.8, 4) is 0 Å². The van der Waals surface area contributed by atoms with E-state index in [0.29, 0.717) is 6.42 Å². The Morgan fingerprint density at radius 2 is 1.59 bits per heavy atom. The highest BCUT2D eigenvalue weighted by Crippen LogP contribution is 2.04. The molecule has 8 N–H and O–H groups in total. The summed E-state index contributed by atoms with van der Waals surface area (Å²) in [6.07, 6.45) is 5.88. The zero-order valence-electron chi connectivity index (χ0n) is 10.3. The first kappa shape index (κ1) is 17.6. The fourth-order valence-electron chi connectivity index (χ4n) is 1.02. The van der Waals surface area contributed by atoms with E-state index in [0.717, 1.165) is 12.8 Å². The first-order valence-corrected chi connectivity index (χ1v) is 5.57. The zero-order chi connectivity index (χ0) is 13.7. The summed E-state index contributed by atoms with van der Waals surface area (Å²) in [4.78, 5) is 10.0. The number of carboxylic acid groups (broad SMARTS) is 1. The predicted octanol–water partition coefficient (Wildman–Crippen LogP) is 0.794. The number of hydrogen-bond acceptors (Lipinski definition) is 3. The highest BCUT2D eigenvalue weighted by molar-refractivity contribution is 5.93. The molecule has 0 aliphatic rings. The van der Waals surface area contributed by atoms with Gasteiger partial charge in [-0.3, -0.25) is 20.9 Å². The second kappa shape index (κ2) is 12.3. The summed E-state index contributed by atoms with van der Waals surface area (Å²) in [7, 11) is 0. The molecule has 0 spiro atoms. The minimum absolute atomic E-state index is 0.312. The predicted molar refractivity (Wildman–Crippen MR) is 68.0 cm³/mol. The summed E-state index contributed by atoms with van der Waals surface area (Å²) in [5.41, 5.74) is 9.49. The van der Waals surface area contributed by atoms with Gasteiger partial charge in [0.15, 0.2) is 11.9 Å². The molecule has 0 aliphatic heterocycles. The van der Waals surface area contributed by atoms with E-state index in [1.165, 1.54) is 19.3 Å². The molecule has 0 atom stereocenters. The van der Waals surface area contributed by atoms with E-state index < -0.39 is 5.97 Å². The molecule has 0 rings (SSSR count). The third kappa shape index (κ3) is 25.0. The fraction of sp³-hybridized carbons (Fsp3) is 0.700. The van der Waals surface area contributed by atoms with E-state index in [4.69, 9.17) is 27.4 Å². The van der Waals surface area contributed by atoms with Crippen LogP contribution in [0.5, 0.6) is 0 Å². The molecule has 0 aromatic rings. The van der Waals surface area contributed by atoms with Crippen LogP contribution < -0.4 is 16.8 Å². The van der Waals surface area contributed by atoms with Crippen LogP contribution in [0.25, 0.3) is 0 Å². The lowest BCUT2D eigenvalue weighted by Gasteiger charge is -1.95. The fourth-order valence-corrected chi connectivity index (χ4v) is 1.02. The number of unbranched alkanes of at least 4 members (excludes halogenated alkanes) is 4. The topological polar surface area (TPSA) is 149 Å². The van der Waals surface area contributed by atoms with Gasteiger partial charge in [0.05, 0.1) is 0 Å². The van der Waals surface area contributed by atoms with E-state index in [1.807, 2.05) is 5.32 Å². The Balaban J connectivity index is 0. The van der Waals surface area contributed by atoms with Crippen molar-refractivity contribution in [1.82, 2.24) is 5.32 Å². The third-order valence-electron chi connectivity index (χ3n) is 1.76. The molecule has 0 bridgehead atoms. The van der Waals surface area contributed by atoms with Crippen LogP contribution in [-0.4, -0.2) is 23.0 Å². The number of carboxylic acids is 1. The lowest BCUT2D eigenvalue weighted by atomic mass is 10.1. The first-order chi connectivity index (χ1) is 7.90. The molecule has 0 heterocycles. The molecular formula is C10H23N5O2. The van der Waals surface area contributed by atoms with Crippen molar-refractivity contribution < 1.29 is 9.90 Å². The summed E-state index contributed by atoms with van der Waals surface area (Å²) in [6.45, 7) is 2.15. The van der Waals surface area contributed by atoms with E-state index >= 15 is 0 Å². The summed E-state index contributed by atoms with van der Waals surface area (Å²) < 4.78 is 0. The number of carbonyl (C=O) groups is 1. The van der Waals surface area contributed by atoms with Gasteiger partial charge in [0.1, 0.15) is 0 Å². The minimum atomic E-state index is -0.670. The summed E-state index contributed by atoms with van der Waals surface area (Å²) >= 11 is 0. The molecule has 7 heteroatoms. The third-order valence-corrected chi connectivity index (χ3v) is 1.76. The lowest BCUT2D eigenvalue weighted by Crippen LogP contribution is -2.39. The lowest BCUT2D eigenvalue weighted by molar-refractivity contribution is -0.137. The molecular weight excluding hydrogens is 222 g/mol. The maximum atomic E-state index is 10.0. The van der Waals surface area contributed by atoms with E-state index in [9.17, 15) is 4.79 Å². The number of hydrogen-bond donors (Lipinski definition) is 6. The Morgan fingerprint density at radius 3 is 1.88 bits per heavy atom. The Hall–Kier alpha value is -1.79. The molecule has 100 valence electrons. The molecule has 0 aliphatic carbocycles. The minimum Gasteiger partial charge on any atom is -0.481 e. The standard InChI is InChI=1S/C8H16O2.C2H7N5/c1-2-3-4-5-6-7-8(9)10;3-1(4)7-2(5)6/h2-7H2,1H3,(H,9,10);(H7,3,4,5,6,7). The van der Waals surface area contributed by atoms with Crippen molar-refractivity contribution in [2.75, 3.05) is 0 Å². The Bertz CT molecular complexity index is 231. The quantitative estimate of drug-likeness (QED) is 0.232. The van der Waals surface area contributed by atoms with Gasteiger partial charge in [-0.25, -0.2) is 0 Å². The SMILES string of the molecule is CCCCCCCC(=O)O.N=C(N)NC(=N)N. The Kier molecular flexibility index (Phi) is 12.7. The van der Waals surface area contributed by atoms with E-state index in [-0.39, 0.29) is 11.9 Å². The van der Waals surface area contributed by atoms with Gasteiger partial charge in [0.25, 0.3) is 0 Å². The normalized spacial score (nSPS) is 8.76. The van der Waals surface area contributed by atoms with Gasteiger partial charge in [-0.1, -0.05) is 32.6 Å². The van der Waals surface area contributed by atoms with Gasteiger partial charge in [-0.2, -0.15) is 0 Å². The zero-order valence-corrected chi connectivity index (χ0v) is 10.3. The van der Waals surface area contributed by atoms with Crippen molar-refractivity contribution in [3.05, 3.63) is 0 Å². The van der Waals surface area contributed by atoms with Crippen molar-refractivity contribution in [3.63, 3.8) is 0 Å². The Morgan fingerprint density at radius 1 is 1.12 bits per heavy atom. The molecule has 0 radical (unpaired) electrons. The summed E-state index contributed by atoms with van der Waals surface area (Å²) in [5.74, 6) is -1.29. The molecule has 0 aromatic carbocycles. The van der Waals surface area contributed by atoms with Gasteiger partial charge in [0.2, 0.25) is 0 Å². The van der Waals surface area contributed by atoms with Gasteiger partial charge in [-0.15, -0.1) is 0 Å². The Labute approximate surface area is 102 Å². The number of guanidine groups is 2. The molecule has 0 aromatic heterocycles. The number of aliphatic carboxylic acids is 1. The largest absolute Gasteiger partial charge is 0.481 e. The van der Waals surface area contributed by atoms with Crippen LogP contribution in [-0.2, 0) is 4.79 Å². The van der Waals surface area contributed by atoms with Gasteiger partial charge in [0, 0.05) is 6.42 Å². The van der Waals surface area contributed by atoms with Crippen LogP contribution in [0, 0.1) is 10.8 Å². The maximum Gasteiger partial charge on any atom is 0.303 e. The smallest absolute Gasteiger partial charge is 0.303 e.